The van der Waals surface area contributed by atoms with Crippen molar-refractivity contribution in [1.82, 2.24) is 14.5 Å². The largest absolute Gasteiger partial charge is 0.488 e. The lowest BCUT2D eigenvalue weighted by atomic mass is 10.1. The highest BCUT2D eigenvalue weighted by Gasteiger charge is 2.26. The Morgan fingerprint density at radius 3 is 2.70 bits per heavy atom. The molecule has 27 heavy (non-hydrogen) atoms. The zero-order valence-corrected chi connectivity index (χ0v) is 15.2. The number of aromatic nitrogens is 2. The average Bonchev–Trinajstić information content (AvgIpc) is 2.70. The molecule has 6 nitrogen and oxygen atoms in total. The van der Waals surface area contributed by atoms with Gasteiger partial charge in [-0.3, -0.25) is 14.6 Å². The van der Waals surface area contributed by atoms with Gasteiger partial charge in [0.25, 0.3) is 11.5 Å². The highest BCUT2D eigenvalue weighted by Crippen LogP contribution is 2.26. The Balaban J connectivity index is 1.44. The third kappa shape index (κ3) is 3.43. The van der Waals surface area contributed by atoms with Gasteiger partial charge in [0.2, 0.25) is 0 Å². The zero-order chi connectivity index (χ0) is 18.8. The van der Waals surface area contributed by atoms with Crippen LogP contribution in [0.1, 0.15) is 23.2 Å². The summed E-state index contributed by atoms with van der Waals surface area (Å²) in [6.07, 6.45) is 4.89. The van der Waals surface area contributed by atoms with E-state index in [4.69, 9.17) is 4.74 Å². The van der Waals surface area contributed by atoms with Crippen molar-refractivity contribution < 1.29 is 9.53 Å². The molecule has 0 N–H and O–H groups in total. The molecule has 2 aromatic heterocycles. The first-order valence-corrected chi connectivity index (χ1v) is 9.09. The van der Waals surface area contributed by atoms with Crippen molar-refractivity contribution in [2.75, 3.05) is 13.1 Å². The number of para-hydroxylation sites is 1. The fraction of sp³-hybridized carbons (Fsp3) is 0.286. The van der Waals surface area contributed by atoms with Crippen molar-refractivity contribution in [3.05, 3.63) is 70.8 Å². The number of fused-ring (bicyclic) bond motifs is 1. The molecule has 6 heteroatoms. The molecule has 0 saturated carbocycles. The fourth-order valence-electron chi connectivity index (χ4n) is 3.46. The van der Waals surface area contributed by atoms with Crippen LogP contribution in [0, 0.1) is 0 Å². The third-order valence-corrected chi connectivity index (χ3v) is 4.97. The minimum absolute atomic E-state index is 0.0280. The SMILES string of the molecule is Cn1cccc(C(=O)N2CCC(Oc3cccc4cccnc34)CC2)c1=O. The van der Waals surface area contributed by atoms with E-state index in [1.54, 1.807) is 36.5 Å². The first-order chi connectivity index (χ1) is 13.1. The van der Waals surface area contributed by atoms with Gasteiger partial charge in [0.05, 0.1) is 0 Å². The summed E-state index contributed by atoms with van der Waals surface area (Å²) in [6, 6.07) is 13.1. The number of benzene rings is 1. The molecule has 0 atom stereocenters. The molecule has 1 saturated heterocycles. The number of pyridine rings is 2. The van der Waals surface area contributed by atoms with E-state index >= 15 is 0 Å². The summed E-state index contributed by atoms with van der Waals surface area (Å²) in [5.41, 5.74) is 0.812. The van der Waals surface area contributed by atoms with Crippen molar-refractivity contribution in [3.8, 4) is 5.75 Å². The first kappa shape index (κ1) is 17.3. The Hall–Kier alpha value is -3.15. The summed E-state index contributed by atoms with van der Waals surface area (Å²) in [5, 5.41) is 1.04. The monoisotopic (exact) mass is 363 g/mol. The summed E-state index contributed by atoms with van der Waals surface area (Å²) in [6.45, 7) is 1.14. The van der Waals surface area contributed by atoms with E-state index in [1.165, 1.54) is 4.57 Å². The highest BCUT2D eigenvalue weighted by atomic mass is 16.5. The number of hydrogen-bond donors (Lipinski definition) is 0. The molecular weight excluding hydrogens is 342 g/mol. The van der Waals surface area contributed by atoms with Gasteiger partial charge in [-0.15, -0.1) is 0 Å². The molecule has 138 valence electrons. The molecule has 3 heterocycles. The van der Waals surface area contributed by atoms with Gasteiger partial charge in [0.15, 0.2) is 0 Å². The Labute approximate surface area is 157 Å². The Bertz CT molecular complexity index is 1030. The van der Waals surface area contributed by atoms with E-state index in [1.807, 2.05) is 30.3 Å². The third-order valence-electron chi connectivity index (χ3n) is 4.97. The number of hydrogen-bond acceptors (Lipinski definition) is 4. The smallest absolute Gasteiger partial charge is 0.263 e. The molecule has 0 bridgehead atoms. The maximum atomic E-state index is 12.7. The van der Waals surface area contributed by atoms with Crippen LogP contribution in [-0.2, 0) is 7.05 Å². The molecular formula is C21H21N3O3. The molecule has 0 unspecified atom stereocenters. The standard InChI is InChI=1S/C21H21N3O3/c1-23-12-4-7-17(20(23)25)21(26)24-13-9-16(10-14-24)27-18-8-2-5-15-6-3-11-22-19(15)18/h2-8,11-12,16H,9-10,13-14H2,1H3. The summed E-state index contributed by atoms with van der Waals surface area (Å²) >= 11 is 0. The average molecular weight is 363 g/mol. The second kappa shape index (κ2) is 7.23. The van der Waals surface area contributed by atoms with E-state index in [-0.39, 0.29) is 23.1 Å². The van der Waals surface area contributed by atoms with Crippen molar-refractivity contribution >= 4 is 16.8 Å². The molecule has 1 fully saturated rings. The number of ether oxygens (including phenoxy) is 1. The number of carbonyl (C=O) groups excluding carboxylic acids is 1. The first-order valence-electron chi connectivity index (χ1n) is 9.09. The number of nitrogens with zero attached hydrogens (tertiary/aromatic N) is 3. The van der Waals surface area contributed by atoms with Crippen LogP contribution >= 0.6 is 0 Å². The lowest BCUT2D eigenvalue weighted by Gasteiger charge is -2.32. The predicted octanol–water partition coefficient (Wildman–Crippen LogP) is 2.62. The van der Waals surface area contributed by atoms with Crippen LogP contribution in [-0.4, -0.2) is 39.6 Å². The van der Waals surface area contributed by atoms with Crippen LogP contribution in [0.4, 0.5) is 0 Å². The lowest BCUT2D eigenvalue weighted by molar-refractivity contribution is 0.0595. The Kier molecular flexibility index (Phi) is 4.62. The predicted molar refractivity (Wildman–Crippen MR) is 103 cm³/mol. The van der Waals surface area contributed by atoms with Gasteiger partial charge in [0.1, 0.15) is 22.9 Å². The summed E-state index contributed by atoms with van der Waals surface area (Å²) in [4.78, 5) is 31.0. The Morgan fingerprint density at radius 2 is 1.89 bits per heavy atom. The Morgan fingerprint density at radius 1 is 1.11 bits per heavy atom. The van der Waals surface area contributed by atoms with Crippen LogP contribution in [0.3, 0.4) is 0 Å². The number of piperidine rings is 1. The highest BCUT2D eigenvalue weighted by molar-refractivity contribution is 5.93. The van der Waals surface area contributed by atoms with Crippen LogP contribution in [0.5, 0.6) is 5.75 Å². The molecule has 1 aromatic carbocycles. The van der Waals surface area contributed by atoms with E-state index < -0.39 is 0 Å². The number of likely N-dealkylation sites (tertiary alicyclic amines) is 1. The number of amides is 1. The minimum atomic E-state index is -0.261. The fourth-order valence-corrected chi connectivity index (χ4v) is 3.46. The van der Waals surface area contributed by atoms with Crippen LogP contribution in [0.15, 0.2) is 59.7 Å². The van der Waals surface area contributed by atoms with Gasteiger partial charge < -0.3 is 14.2 Å². The molecule has 1 aliphatic rings. The second-order valence-corrected chi connectivity index (χ2v) is 6.78. The lowest BCUT2D eigenvalue weighted by Crippen LogP contribution is -2.43. The van der Waals surface area contributed by atoms with E-state index in [2.05, 4.69) is 4.98 Å². The van der Waals surface area contributed by atoms with Crippen molar-refractivity contribution in [1.29, 1.82) is 0 Å². The molecule has 1 aliphatic heterocycles. The molecule has 1 amide bonds. The number of carbonyl (C=O) groups is 1. The molecule has 0 aliphatic carbocycles. The van der Waals surface area contributed by atoms with Crippen LogP contribution < -0.4 is 10.3 Å². The van der Waals surface area contributed by atoms with E-state index in [0.717, 1.165) is 29.5 Å². The van der Waals surface area contributed by atoms with Crippen molar-refractivity contribution in [2.45, 2.75) is 18.9 Å². The summed E-state index contributed by atoms with van der Waals surface area (Å²) < 4.78 is 7.61. The maximum Gasteiger partial charge on any atom is 0.263 e. The van der Waals surface area contributed by atoms with Gasteiger partial charge in [-0.05, 0) is 24.3 Å². The summed E-state index contributed by atoms with van der Waals surface area (Å²) in [5.74, 6) is 0.566. The van der Waals surface area contributed by atoms with Gasteiger partial charge in [-0.25, -0.2) is 0 Å². The topological polar surface area (TPSA) is 64.4 Å². The van der Waals surface area contributed by atoms with Crippen LogP contribution in [0.25, 0.3) is 10.9 Å². The maximum absolute atomic E-state index is 12.7. The van der Waals surface area contributed by atoms with Gasteiger partial charge in [-0.1, -0.05) is 18.2 Å². The number of rotatable bonds is 3. The quantitative estimate of drug-likeness (QED) is 0.718. The minimum Gasteiger partial charge on any atom is -0.488 e. The molecule has 3 aromatic rings. The van der Waals surface area contributed by atoms with Gasteiger partial charge >= 0.3 is 0 Å². The van der Waals surface area contributed by atoms with Gasteiger partial charge in [-0.2, -0.15) is 0 Å². The second-order valence-electron chi connectivity index (χ2n) is 6.78. The molecule has 0 radical (unpaired) electrons. The van der Waals surface area contributed by atoms with E-state index in [0.29, 0.717) is 13.1 Å². The number of aryl methyl sites for hydroxylation is 1. The molecule has 4 rings (SSSR count). The zero-order valence-electron chi connectivity index (χ0n) is 15.2. The van der Waals surface area contributed by atoms with E-state index in [9.17, 15) is 9.59 Å². The van der Waals surface area contributed by atoms with Crippen molar-refractivity contribution in [3.63, 3.8) is 0 Å². The van der Waals surface area contributed by atoms with Gasteiger partial charge in [0, 0.05) is 50.8 Å². The van der Waals surface area contributed by atoms with Crippen molar-refractivity contribution in [2.24, 2.45) is 7.05 Å². The summed E-state index contributed by atoms with van der Waals surface area (Å²) in [7, 11) is 1.65. The normalized spacial score (nSPS) is 15.1. The van der Waals surface area contributed by atoms with Crippen LogP contribution in [0.2, 0.25) is 0 Å². The molecule has 0 spiro atoms.